The Morgan fingerprint density at radius 2 is 2.21 bits per heavy atom. The highest BCUT2D eigenvalue weighted by molar-refractivity contribution is 5.51. The Kier molecular flexibility index (Phi) is 4.10. The molecular weight excluding hydrogens is 188 g/mol. The lowest BCUT2D eigenvalue weighted by molar-refractivity contribution is 0.163. The molecule has 3 nitrogen and oxygen atoms in total. The summed E-state index contributed by atoms with van der Waals surface area (Å²) < 4.78 is 23.8. The molecule has 78 valence electrons. The third kappa shape index (κ3) is 3.55. The van der Waals surface area contributed by atoms with Crippen molar-refractivity contribution in [2.45, 2.75) is 13.3 Å². The zero-order valence-corrected chi connectivity index (χ0v) is 7.93. The van der Waals surface area contributed by atoms with Crippen LogP contribution in [-0.4, -0.2) is 24.5 Å². The van der Waals surface area contributed by atoms with E-state index in [0.717, 1.165) is 6.54 Å². The number of pyridine rings is 1. The quantitative estimate of drug-likeness (QED) is 0.766. The van der Waals surface area contributed by atoms with Crippen molar-refractivity contribution >= 4 is 11.5 Å². The van der Waals surface area contributed by atoms with Crippen molar-refractivity contribution in [3.63, 3.8) is 0 Å². The molecule has 0 amide bonds. The van der Waals surface area contributed by atoms with Gasteiger partial charge in [0.05, 0.1) is 6.54 Å². The Labute approximate surface area is 81.5 Å². The molecule has 0 aliphatic carbocycles. The first-order valence-corrected chi connectivity index (χ1v) is 4.44. The highest BCUT2D eigenvalue weighted by atomic mass is 19.3. The van der Waals surface area contributed by atoms with Gasteiger partial charge in [-0.1, -0.05) is 0 Å². The van der Waals surface area contributed by atoms with Crippen LogP contribution in [0.2, 0.25) is 0 Å². The molecule has 0 spiro atoms. The fourth-order valence-electron chi connectivity index (χ4n) is 1.01. The lowest BCUT2D eigenvalue weighted by Gasteiger charge is -2.07. The third-order valence-corrected chi connectivity index (χ3v) is 1.58. The molecule has 1 heterocycles. The molecule has 0 saturated carbocycles. The summed E-state index contributed by atoms with van der Waals surface area (Å²) in [4.78, 5) is 4.02. The van der Waals surface area contributed by atoms with E-state index in [4.69, 9.17) is 0 Å². The Morgan fingerprint density at radius 1 is 1.43 bits per heavy atom. The van der Waals surface area contributed by atoms with Crippen LogP contribution in [-0.2, 0) is 0 Å². The van der Waals surface area contributed by atoms with Crippen molar-refractivity contribution < 1.29 is 8.78 Å². The fraction of sp³-hybridized carbons (Fsp3) is 0.444. The van der Waals surface area contributed by atoms with E-state index < -0.39 is 6.43 Å². The van der Waals surface area contributed by atoms with Crippen LogP contribution >= 0.6 is 0 Å². The second-order valence-corrected chi connectivity index (χ2v) is 2.73. The van der Waals surface area contributed by atoms with Crippen molar-refractivity contribution in [2.24, 2.45) is 0 Å². The van der Waals surface area contributed by atoms with Crippen LogP contribution in [0.4, 0.5) is 20.3 Å². The standard InChI is InChI=1S/C9H13F2N3/c1-2-12-9-5-7(3-4-13-9)14-6-8(10)11/h3-5,8H,2,6H2,1H3,(H2,12,13,14). The van der Waals surface area contributed by atoms with Gasteiger partial charge in [0.25, 0.3) is 6.43 Å². The number of anilines is 2. The van der Waals surface area contributed by atoms with Gasteiger partial charge in [0.1, 0.15) is 5.82 Å². The summed E-state index contributed by atoms with van der Waals surface area (Å²) in [6, 6.07) is 3.36. The predicted molar refractivity (Wildman–Crippen MR) is 52.9 cm³/mol. The van der Waals surface area contributed by atoms with Crippen LogP contribution < -0.4 is 10.6 Å². The summed E-state index contributed by atoms with van der Waals surface area (Å²) in [6.45, 7) is 2.36. The van der Waals surface area contributed by atoms with E-state index in [9.17, 15) is 8.78 Å². The van der Waals surface area contributed by atoms with Gasteiger partial charge in [-0.3, -0.25) is 0 Å². The lowest BCUT2D eigenvalue weighted by atomic mass is 10.4. The highest BCUT2D eigenvalue weighted by Crippen LogP contribution is 2.11. The summed E-state index contributed by atoms with van der Waals surface area (Å²) in [5.74, 6) is 0.687. The van der Waals surface area contributed by atoms with E-state index >= 15 is 0 Å². The maximum Gasteiger partial charge on any atom is 0.255 e. The number of halogens is 2. The third-order valence-electron chi connectivity index (χ3n) is 1.58. The van der Waals surface area contributed by atoms with Gasteiger partial charge in [-0.05, 0) is 13.0 Å². The van der Waals surface area contributed by atoms with Crippen molar-refractivity contribution in [1.82, 2.24) is 4.98 Å². The second-order valence-electron chi connectivity index (χ2n) is 2.73. The molecule has 0 aliphatic rings. The number of nitrogens with zero attached hydrogens (tertiary/aromatic N) is 1. The van der Waals surface area contributed by atoms with Gasteiger partial charge in [0, 0.05) is 24.5 Å². The van der Waals surface area contributed by atoms with E-state index in [0.29, 0.717) is 11.5 Å². The number of nitrogens with one attached hydrogen (secondary N) is 2. The molecule has 0 atom stereocenters. The highest BCUT2D eigenvalue weighted by Gasteiger charge is 2.01. The van der Waals surface area contributed by atoms with E-state index in [2.05, 4.69) is 15.6 Å². The molecule has 2 N–H and O–H groups in total. The zero-order valence-electron chi connectivity index (χ0n) is 7.93. The summed E-state index contributed by atoms with van der Waals surface area (Å²) in [7, 11) is 0. The van der Waals surface area contributed by atoms with Crippen LogP contribution in [0.25, 0.3) is 0 Å². The molecule has 0 aliphatic heterocycles. The van der Waals surface area contributed by atoms with Crippen molar-refractivity contribution in [3.8, 4) is 0 Å². The molecule has 0 fully saturated rings. The minimum absolute atomic E-state index is 0.338. The van der Waals surface area contributed by atoms with Crippen LogP contribution in [0.1, 0.15) is 6.92 Å². The lowest BCUT2D eigenvalue weighted by Crippen LogP contribution is -2.10. The molecule has 0 radical (unpaired) electrons. The SMILES string of the molecule is CCNc1cc(NCC(F)F)ccn1. The van der Waals surface area contributed by atoms with Gasteiger partial charge in [-0.15, -0.1) is 0 Å². The van der Waals surface area contributed by atoms with E-state index in [1.165, 1.54) is 0 Å². The molecule has 1 aromatic rings. The van der Waals surface area contributed by atoms with Gasteiger partial charge in [0.2, 0.25) is 0 Å². The fourth-order valence-corrected chi connectivity index (χ4v) is 1.01. The zero-order chi connectivity index (χ0) is 10.4. The number of alkyl halides is 2. The monoisotopic (exact) mass is 201 g/mol. The normalized spacial score (nSPS) is 10.3. The first kappa shape index (κ1) is 10.7. The van der Waals surface area contributed by atoms with E-state index in [-0.39, 0.29) is 6.54 Å². The largest absolute Gasteiger partial charge is 0.379 e. The number of aromatic nitrogens is 1. The van der Waals surface area contributed by atoms with Crippen molar-refractivity contribution in [2.75, 3.05) is 23.7 Å². The maximum absolute atomic E-state index is 11.9. The average molecular weight is 201 g/mol. The van der Waals surface area contributed by atoms with E-state index in [1.54, 1.807) is 18.3 Å². The Hall–Kier alpha value is -1.39. The van der Waals surface area contributed by atoms with Gasteiger partial charge in [0.15, 0.2) is 0 Å². The van der Waals surface area contributed by atoms with Crippen molar-refractivity contribution in [1.29, 1.82) is 0 Å². The number of rotatable bonds is 5. The predicted octanol–water partition coefficient (Wildman–Crippen LogP) is 2.19. The molecule has 0 saturated heterocycles. The number of hydrogen-bond donors (Lipinski definition) is 2. The van der Waals surface area contributed by atoms with Gasteiger partial charge in [-0.2, -0.15) is 0 Å². The summed E-state index contributed by atoms with van der Waals surface area (Å²) in [6.07, 6.45) is -0.767. The van der Waals surface area contributed by atoms with Crippen LogP contribution in [0, 0.1) is 0 Å². The van der Waals surface area contributed by atoms with Gasteiger partial charge >= 0.3 is 0 Å². The summed E-state index contributed by atoms with van der Waals surface area (Å²) in [5, 5.41) is 5.61. The maximum atomic E-state index is 11.9. The van der Waals surface area contributed by atoms with Gasteiger partial charge in [-0.25, -0.2) is 13.8 Å². The number of hydrogen-bond acceptors (Lipinski definition) is 3. The second kappa shape index (κ2) is 5.36. The summed E-state index contributed by atoms with van der Waals surface area (Å²) in [5.41, 5.74) is 0.649. The molecule has 1 rings (SSSR count). The van der Waals surface area contributed by atoms with Crippen LogP contribution in [0.15, 0.2) is 18.3 Å². The first-order valence-electron chi connectivity index (χ1n) is 4.44. The molecule has 14 heavy (non-hydrogen) atoms. The molecule has 5 heteroatoms. The van der Waals surface area contributed by atoms with Crippen molar-refractivity contribution in [3.05, 3.63) is 18.3 Å². The Bertz CT molecular complexity index is 279. The molecule has 0 aromatic carbocycles. The summed E-state index contributed by atoms with van der Waals surface area (Å²) >= 11 is 0. The van der Waals surface area contributed by atoms with Crippen LogP contribution in [0.5, 0.6) is 0 Å². The topological polar surface area (TPSA) is 37.0 Å². The van der Waals surface area contributed by atoms with Crippen LogP contribution in [0.3, 0.4) is 0 Å². The molecule has 0 bridgehead atoms. The Balaban J connectivity index is 2.54. The first-order chi connectivity index (χ1) is 6.72. The molecule has 1 aromatic heterocycles. The van der Waals surface area contributed by atoms with E-state index in [1.807, 2.05) is 6.92 Å². The minimum Gasteiger partial charge on any atom is -0.379 e. The molecule has 0 unspecified atom stereocenters. The Morgan fingerprint density at radius 3 is 2.86 bits per heavy atom. The minimum atomic E-state index is -2.34. The molecular formula is C9H13F2N3. The average Bonchev–Trinajstić information content (AvgIpc) is 2.16. The smallest absolute Gasteiger partial charge is 0.255 e. The van der Waals surface area contributed by atoms with Gasteiger partial charge < -0.3 is 10.6 Å².